The van der Waals surface area contributed by atoms with E-state index in [1.165, 1.54) is 22.7 Å². The molecule has 1 aromatic carbocycles. The largest absolute Gasteiger partial charge is 0.372 e. The maximum Gasteiger partial charge on any atom is 0.208 e. The lowest BCUT2D eigenvalue weighted by atomic mass is 9.79. The van der Waals surface area contributed by atoms with Crippen molar-refractivity contribution in [2.24, 2.45) is 5.92 Å². The lowest BCUT2D eigenvalue weighted by Gasteiger charge is -2.50. The second kappa shape index (κ2) is 6.39. The number of rotatable bonds is 6. The molecule has 0 amide bonds. The third kappa shape index (κ3) is 3.46. The maximum atomic E-state index is 11.2. The summed E-state index contributed by atoms with van der Waals surface area (Å²) in [4.78, 5) is 5.68. The number of hydrogen-bond acceptors (Lipinski definition) is 4. The Morgan fingerprint density at radius 3 is 3.00 bits per heavy atom. The Bertz CT molecular complexity index is 855. The number of fused-ring (bicyclic) bond motifs is 1. The van der Waals surface area contributed by atoms with Gasteiger partial charge >= 0.3 is 0 Å². The molecule has 25 heavy (non-hydrogen) atoms. The molecule has 136 valence electrons. The van der Waals surface area contributed by atoms with Crippen molar-refractivity contribution in [1.29, 1.82) is 0 Å². The zero-order chi connectivity index (χ0) is 17.5. The van der Waals surface area contributed by atoms with Crippen molar-refractivity contribution < 1.29 is 13.2 Å². The average molecular weight is 363 g/mol. The van der Waals surface area contributed by atoms with Gasteiger partial charge in [-0.05, 0) is 36.5 Å². The molecular weight excluding hydrogens is 338 g/mol. The van der Waals surface area contributed by atoms with Crippen molar-refractivity contribution in [3.63, 3.8) is 0 Å². The summed E-state index contributed by atoms with van der Waals surface area (Å²) in [5.41, 5.74) is 2.43. The molecule has 2 aliphatic heterocycles. The molecule has 0 unspecified atom stereocenters. The molecule has 1 aromatic heterocycles. The summed E-state index contributed by atoms with van der Waals surface area (Å²) in [7, 11) is -3.11. The van der Waals surface area contributed by atoms with E-state index in [0.29, 0.717) is 12.5 Å². The molecule has 1 spiro atoms. The molecule has 7 heteroatoms. The molecule has 2 fully saturated rings. The molecule has 4 rings (SSSR count). The van der Waals surface area contributed by atoms with E-state index in [1.807, 2.05) is 6.20 Å². The molecule has 0 radical (unpaired) electrons. The minimum atomic E-state index is -3.11. The highest BCUT2D eigenvalue weighted by Gasteiger charge is 2.52. The highest BCUT2D eigenvalue weighted by Crippen LogP contribution is 2.42. The van der Waals surface area contributed by atoms with Crippen LogP contribution in [0, 0.1) is 5.92 Å². The van der Waals surface area contributed by atoms with Gasteiger partial charge in [0.2, 0.25) is 10.0 Å². The normalized spacial score (nSPS) is 23.3. The van der Waals surface area contributed by atoms with Crippen LogP contribution in [0.2, 0.25) is 0 Å². The summed E-state index contributed by atoms with van der Waals surface area (Å²) in [5.74, 6) is 0.432. The fourth-order valence-electron chi connectivity index (χ4n) is 4.31. The van der Waals surface area contributed by atoms with Crippen molar-refractivity contribution in [3.05, 3.63) is 36.0 Å². The van der Waals surface area contributed by atoms with Crippen LogP contribution in [0.4, 0.5) is 0 Å². The second-order valence-corrected chi connectivity index (χ2v) is 9.19. The summed E-state index contributed by atoms with van der Waals surface area (Å²) in [6.45, 7) is 4.06. The number of aromatic nitrogens is 1. The Labute approximate surface area is 148 Å². The third-order valence-corrected chi connectivity index (χ3v) is 6.25. The molecule has 0 bridgehead atoms. The number of hydrogen-bond donors (Lipinski definition) is 2. The number of sulfonamides is 1. The van der Waals surface area contributed by atoms with Gasteiger partial charge in [0.25, 0.3) is 0 Å². The van der Waals surface area contributed by atoms with Gasteiger partial charge < -0.3 is 9.72 Å². The van der Waals surface area contributed by atoms with Gasteiger partial charge in [0.15, 0.2) is 0 Å². The molecule has 1 atom stereocenters. The van der Waals surface area contributed by atoms with E-state index >= 15 is 0 Å². The number of H-pyrrole nitrogens is 1. The second-order valence-electron chi connectivity index (χ2n) is 7.36. The van der Waals surface area contributed by atoms with Gasteiger partial charge in [-0.1, -0.05) is 12.1 Å². The first kappa shape index (κ1) is 17.0. The van der Waals surface area contributed by atoms with Crippen LogP contribution in [0.15, 0.2) is 30.5 Å². The van der Waals surface area contributed by atoms with Crippen LogP contribution in [0.1, 0.15) is 18.4 Å². The van der Waals surface area contributed by atoms with Crippen LogP contribution in [0.3, 0.4) is 0 Å². The molecule has 2 aromatic rings. The van der Waals surface area contributed by atoms with Gasteiger partial charge in [-0.3, -0.25) is 4.90 Å². The minimum absolute atomic E-state index is 0.0781. The Kier molecular flexibility index (Phi) is 4.35. The number of nitrogens with zero attached hydrogens (tertiary/aromatic N) is 1. The van der Waals surface area contributed by atoms with Crippen molar-refractivity contribution in [2.75, 3.05) is 32.5 Å². The highest BCUT2D eigenvalue weighted by atomic mass is 32.2. The zero-order valence-corrected chi connectivity index (χ0v) is 15.3. The van der Waals surface area contributed by atoms with E-state index in [9.17, 15) is 8.42 Å². The van der Waals surface area contributed by atoms with Crippen LogP contribution in [-0.2, 0) is 21.3 Å². The van der Waals surface area contributed by atoms with Crippen LogP contribution < -0.4 is 4.72 Å². The Morgan fingerprint density at radius 1 is 1.36 bits per heavy atom. The molecule has 3 heterocycles. The first-order valence-corrected chi connectivity index (χ1v) is 10.7. The third-order valence-electron chi connectivity index (χ3n) is 5.52. The summed E-state index contributed by atoms with van der Waals surface area (Å²) < 4.78 is 31.2. The lowest BCUT2D eigenvalue weighted by molar-refractivity contribution is -0.136. The van der Waals surface area contributed by atoms with Crippen LogP contribution in [0.5, 0.6) is 0 Å². The van der Waals surface area contributed by atoms with E-state index in [4.69, 9.17) is 4.74 Å². The van der Waals surface area contributed by atoms with Gasteiger partial charge in [-0.15, -0.1) is 0 Å². The van der Waals surface area contributed by atoms with Gasteiger partial charge in [-0.25, -0.2) is 13.1 Å². The van der Waals surface area contributed by atoms with Gasteiger partial charge in [0.05, 0.1) is 11.9 Å². The van der Waals surface area contributed by atoms with Gasteiger partial charge in [0.1, 0.15) is 0 Å². The zero-order valence-electron chi connectivity index (χ0n) is 14.5. The summed E-state index contributed by atoms with van der Waals surface area (Å²) in [6, 6.07) is 8.51. The number of ether oxygens (including phenoxy) is 1. The highest BCUT2D eigenvalue weighted by molar-refractivity contribution is 7.88. The number of likely N-dealkylation sites (tertiary alicyclic amines) is 1. The Balaban J connectivity index is 1.36. The van der Waals surface area contributed by atoms with Crippen molar-refractivity contribution in [2.45, 2.75) is 25.0 Å². The summed E-state index contributed by atoms with van der Waals surface area (Å²) in [6.07, 6.45) is 5.05. The van der Waals surface area contributed by atoms with Crippen molar-refractivity contribution in [3.8, 4) is 0 Å². The van der Waals surface area contributed by atoms with Crippen molar-refractivity contribution >= 4 is 20.9 Å². The molecule has 2 N–H and O–H groups in total. The van der Waals surface area contributed by atoms with E-state index < -0.39 is 10.0 Å². The first-order valence-electron chi connectivity index (χ1n) is 8.81. The van der Waals surface area contributed by atoms with Gasteiger partial charge in [0, 0.05) is 49.9 Å². The Hall–Kier alpha value is -1.41. The van der Waals surface area contributed by atoms with Crippen LogP contribution in [-0.4, -0.2) is 56.4 Å². The molecular formula is C18H25N3O3S. The predicted octanol–water partition coefficient (Wildman–Crippen LogP) is 1.70. The Morgan fingerprint density at radius 2 is 2.20 bits per heavy atom. The average Bonchev–Trinajstić information content (AvgIpc) is 3.13. The maximum absolute atomic E-state index is 11.2. The standard InChI is InChI=1S/C18H25N3O3S/c1-25(22,23)20-9-5-15-7-10-24-18(15)12-21(13-18)11-14-3-2-4-17-16(14)6-8-19-17/h2-4,6,8,15,19-20H,5,7,9-13H2,1H3/t15-/m1/s1. The summed E-state index contributed by atoms with van der Waals surface area (Å²) >= 11 is 0. The fourth-order valence-corrected chi connectivity index (χ4v) is 4.80. The van der Waals surface area contributed by atoms with Crippen LogP contribution in [0.25, 0.3) is 10.9 Å². The van der Waals surface area contributed by atoms with Crippen LogP contribution >= 0.6 is 0 Å². The predicted molar refractivity (Wildman–Crippen MR) is 97.8 cm³/mol. The number of nitrogens with one attached hydrogen (secondary N) is 2. The number of benzene rings is 1. The summed E-state index contributed by atoms with van der Waals surface area (Å²) in [5, 5.41) is 1.28. The fraction of sp³-hybridized carbons (Fsp3) is 0.556. The SMILES string of the molecule is CS(=O)(=O)NCC[C@@H]1CCOC12CN(Cc1cccc3[nH]ccc13)C2. The number of aromatic amines is 1. The first-order chi connectivity index (χ1) is 12.0. The topological polar surface area (TPSA) is 74.4 Å². The van der Waals surface area contributed by atoms with Gasteiger partial charge in [-0.2, -0.15) is 0 Å². The monoisotopic (exact) mass is 363 g/mol. The molecule has 0 saturated carbocycles. The van der Waals surface area contributed by atoms with Crippen molar-refractivity contribution in [1.82, 2.24) is 14.6 Å². The van der Waals surface area contributed by atoms with E-state index in [2.05, 4.69) is 38.9 Å². The molecule has 2 aliphatic rings. The molecule has 6 nitrogen and oxygen atoms in total. The lowest BCUT2D eigenvalue weighted by Crippen LogP contribution is -2.64. The molecule has 2 saturated heterocycles. The smallest absolute Gasteiger partial charge is 0.208 e. The van der Waals surface area contributed by atoms with E-state index in [1.54, 1.807) is 0 Å². The quantitative estimate of drug-likeness (QED) is 0.819. The van der Waals surface area contributed by atoms with E-state index in [-0.39, 0.29) is 5.60 Å². The molecule has 0 aliphatic carbocycles. The van der Waals surface area contributed by atoms with E-state index in [0.717, 1.165) is 39.1 Å². The minimum Gasteiger partial charge on any atom is -0.372 e.